The van der Waals surface area contributed by atoms with E-state index in [1.807, 2.05) is 0 Å². The van der Waals surface area contributed by atoms with E-state index in [1.165, 1.54) is 99.4 Å². The summed E-state index contributed by atoms with van der Waals surface area (Å²) in [6, 6.07) is 32.7. The first-order valence-electron chi connectivity index (χ1n) is 14.6. The van der Waals surface area contributed by atoms with E-state index in [-0.39, 0.29) is 0 Å². The fourth-order valence-electron chi connectivity index (χ4n) is 5.65. The van der Waals surface area contributed by atoms with Crippen molar-refractivity contribution in [2.45, 2.75) is 96.8 Å². The van der Waals surface area contributed by atoms with Crippen molar-refractivity contribution in [2.24, 2.45) is 0 Å². The molecule has 0 aliphatic heterocycles. The summed E-state index contributed by atoms with van der Waals surface area (Å²) in [6.07, 6.45) is 20.3. The van der Waals surface area contributed by atoms with Gasteiger partial charge in [-0.05, 0) is 0 Å². The van der Waals surface area contributed by atoms with Crippen LogP contribution in [-0.4, -0.2) is 6.16 Å². The molecule has 3 rings (SSSR count). The van der Waals surface area contributed by atoms with Gasteiger partial charge >= 0.3 is 201 Å². The molecule has 0 saturated carbocycles. The molecule has 0 N–H and O–H groups in total. The topological polar surface area (TPSA) is 0 Å². The molecule has 0 fully saturated rings. The molecule has 0 nitrogen and oxygen atoms in total. The Morgan fingerprint density at radius 2 is 0.694 bits per heavy atom. The van der Waals surface area contributed by atoms with Crippen LogP contribution in [0.5, 0.6) is 0 Å². The van der Waals surface area contributed by atoms with Crippen molar-refractivity contribution in [3.05, 3.63) is 91.0 Å². The molecule has 0 aromatic heterocycles. The van der Waals surface area contributed by atoms with Crippen LogP contribution in [0.3, 0.4) is 0 Å². The van der Waals surface area contributed by atoms with Crippen molar-refractivity contribution in [3.63, 3.8) is 0 Å². The van der Waals surface area contributed by atoms with Gasteiger partial charge < -0.3 is 0 Å². The Kier molecular flexibility index (Phi) is 12.5. The molecule has 0 unspecified atom stereocenters. The van der Waals surface area contributed by atoms with Gasteiger partial charge in [-0.3, -0.25) is 0 Å². The minimum absolute atomic E-state index is 1.02. The Morgan fingerprint density at radius 1 is 0.417 bits per heavy atom. The average Bonchev–Trinajstić information content (AvgIpc) is 2.94. The fourth-order valence-corrected chi connectivity index (χ4v) is 11.9. The van der Waals surface area contributed by atoms with Gasteiger partial charge in [-0.1, -0.05) is 26.2 Å². The van der Waals surface area contributed by atoms with Gasteiger partial charge in [0.1, 0.15) is 0 Å². The number of hydrogen-bond donors (Lipinski definition) is 0. The normalized spacial score (nSPS) is 12.8. The van der Waals surface area contributed by atoms with Gasteiger partial charge in [0.25, 0.3) is 0 Å². The van der Waals surface area contributed by atoms with Crippen molar-refractivity contribution in [3.8, 4) is 0 Å². The van der Waals surface area contributed by atoms with Crippen LogP contribution >= 0.6 is 17.2 Å². The summed E-state index contributed by atoms with van der Waals surface area (Å²) in [4.78, 5) is 0. The molecule has 3 aromatic rings. The fraction of sp³-hybridized carbons (Fsp3) is 0.471. The molecule has 0 radical (unpaired) electrons. The van der Waals surface area contributed by atoms with E-state index in [9.17, 15) is 0 Å². The molecule has 0 aliphatic carbocycles. The Morgan fingerprint density at radius 3 is 1.00 bits per heavy atom. The number of benzene rings is 3. The second kappa shape index (κ2) is 15.6. The molecule has 0 spiro atoms. The number of unbranched alkanes of at least 4 members (excludes halogenated alkanes) is 13. The maximum atomic E-state index is 8.16. The molecule has 0 atom stereocenters. The summed E-state index contributed by atoms with van der Waals surface area (Å²) in [5.74, 6) is -3.07. The van der Waals surface area contributed by atoms with Gasteiger partial charge in [0.15, 0.2) is 0 Å². The molecule has 3 aromatic carbocycles. The van der Waals surface area contributed by atoms with E-state index in [2.05, 4.69) is 97.9 Å². The van der Waals surface area contributed by atoms with E-state index in [1.54, 1.807) is 0 Å². The number of halogens is 1. The van der Waals surface area contributed by atoms with Crippen LogP contribution in [0.2, 0.25) is 0 Å². The van der Waals surface area contributed by atoms with Gasteiger partial charge in [-0.25, -0.2) is 0 Å². The van der Waals surface area contributed by atoms with E-state index in [0.717, 1.165) is 12.6 Å². The summed E-state index contributed by atoms with van der Waals surface area (Å²) < 4.78 is 0. The first-order valence-corrected chi connectivity index (χ1v) is 17.9. The summed E-state index contributed by atoms with van der Waals surface area (Å²) in [6.45, 7) is 2.29. The van der Waals surface area contributed by atoms with Crippen molar-refractivity contribution in [1.29, 1.82) is 0 Å². The van der Waals surface area contributed by atoms with E-state index < -0.39 is 5.96 Å². The molecular formula is C34H48ClP. The number of hydrogen-bond acceptors (Lipinski definition) is 0. The van der Waals surface area contributed by atoms with Crippen LogP contribution in [0.15, 0.2) is 91.0 Å². The SMILES string of the molecule is CCCCCCCCCCCCCCCCP(Cl)(c1ccccc1)(c1ccccc1)c1ccccc1. The van der Waals surface area contributed by atoms with Crippen LogP contribution in [0, 0.1) is 0 Å². The first-order chi connectivity index (χ1) is 17.7. The van der Waals surface area contributed by atoms with Crippen LogP contribution in [0.4, 0.5) is 0 Å². The van der Waals surface area contributed by atoms with Gasteiger partial charge in [-0.15, -0.1) is 0 Å². The van der Waals surface area contributed by atoms with Crippen molar-refractivity contribution in [2.75, 3.05) is 6.16 Å². The average molecular weight is 523 g/mol. The molecule has 36 heavy (non-hydrogen) atoms. The molecule has 0 saturated heterocycles. The zero-order chi connectivity index (χ0) is 25.4. The Bertz CT molecular complexity index is 855. The monoisotopic (exact) mass is 522 g/mol. The van der Waals surface area contributed by atoms with Crippen LogP contribution in [0.25, 0.3) is 0 Å². The van der Waals surface area contributed by atoms with Crippen molar-refractivity contribution in [1.82, 2.24) is 0 Å². The Balaban J connectivity index is 1.55. The van der Waals surface area contributed by atoms with E-state index in [0.29, 0.717) is 0 Å². The quantitative estimate of drug-likeness (QED) is 0.115. The summed E-state index contributed by atoms with van der Waals surface area (Å²) >= 11 is 8.16. The molecular weight excluding hydrogens is 475 g/mol. The third-order valence-corrected chi connectivity index (χ3v) is 15.4. The third-order valence-electron chi connectivity index (χ3n) is 7.82. The van der Waals surface area contributed by atoms with Gasteiger partial charge in [0.2, 0.25) is 0 Å². The zero-order valence-electron chi connectivity index (χ0n) is 22.6. The third kappa shape index (κ3) is 7.69. The Hall–Kier alpha value is -1.62. The van der Waals surface area contributed by atoms with Crippen molar-refractivity contribution < 1.29 is 0 Å². The first kappa shape index (κ1) is 28.9. The standard InChI is InChI=1S/C34H48ClP/c1-2-3-4-5-6-7-8-9-10-11-12-13-14-24-31-36(35,32-25-18-15-19-26-32,33-27-20-16-21-28-33)34-29-22-17-23-30-34/h15-23,25-30H,2-14,24,31H2,1H3. The molecule has 0 amide bonds. The number of rotatable bonds is 18. The predicted octanol–water partition coefficient (Wildman–Crippen LogP) is 10.2. The van der Waals surface area contributed by atoms with Gasteiger partial charge in [0, 0.05) is 0 Å². The minimum atomic E-state index is -3.07. The van der Waals surface area contributed by atoms with Crippen LogP contribution in [-0.2, 0) is 0 Å². The van der Waals surface area contributed by atoms with Gasteiger partial charge in [0.05, 0.1) is 0 Å². The summed E-state index contributed by atoms with van der Waals surface area (Å²) in [5.41, 5.74) is 0. The molecule has 0 bridgehead atoms. The molecule has 2 heteroatoms. The van der Waals surface area contributed by atoms with E-state index in [4.69, 9.17) is 11.2 Å². The second-order valence-corrected chi connectivity index (χ2v) is 17.1. The van der Waals surface area contributed by atoms with Crippen molar-refractivity contribution >= 4 is 33.1 Å². The zero-order valence-corrected chi connectivity index (χ0v) is 24.2. The molecule has 0 heterocycles. The summed E-state index contributed by atoms with van der Waals surface area (Å²) in [5, 5.41) is 3.87. The predicted molar refractivity (Wildman–Crippen MR) is 166 cm³/mol. The van der Waals surface area contributed by atoms with Gasteiger partial charge in [-0.2, -0.15) is 0 Å². The van der Waals surface area contributed by atoms with E-state index >= 15 is 0 Å². The van der Waals surface area contributed by atoms with Crippen LogP contribution in [0.1, 0.15) is 96.8 Å². The molecule has 0 aliphatic rings. The van der Waals surface area contributed by atoms with Crippen LogP contribution < -0.4 is 15.9 Å². The summed E-state index contributed by atoms with van der Waals surface area (Å²) in [7, 11) is 0. The molecule has 196 valence electrons. The second-order valence-electron chi connectivity index (χ2n) is 10.5. The Labute approximate surface area is 226 Å². The maximum absolute atomic E-state index is 8.16.